The molecule has 0 aromatic heterocycles. The highest BCUT2D eigenvalue weighted by atomic mass is 16.6. The van der Waals surface area contributed by atoms with Crippen molar-refractivity contribution >= 4 is 17.9 Å². The number of rotatable bonds is 7. The van der Waals surface area contributed by atoms with Gasteiger partial charge in [0.25, 0.3) is 0 Å². The van der Waals surface area contributed by atoms with E-state index in [1.165, 1.54) is 17.9 Å². The zero-order valence-corrected chi connectivity index (χ0v) is 20.1. The maximum Gasteiger partial charge on any atom is 0.408 e. The molecule has 0 spiro atoms. The molecule has 0 aliphatic heterocycles. The zero-order chi connectivity index (χ0) is 24.7. The van der Waals surface area contributed by atoms with E-state index in [9.17, 15) is 14.4 Å². The Labute approximate surface area is 191 Å². The number of nitrogens with one attached hydrogen (secondary N) is 2. The van der Waals surface area contributed by atoms with Crippen molar-refractivity contribution in [2.75, 3.05) is 6.54 Å². The average molecular weight is 442 g/mol. The lowest BCUT2D eigenvalue weighted by molar-refractivity contribution is -0.142. The van der Waals surface area contributed by atoms with Gasteiger partial charge >= 0.3 is 6.09 Å². The predicted octanol–water partition coefficient (Wildman–Crippen LogP) is 3.55. The first-order valence-electron chi connectivity index (χ1n) is 10.5. The zero-order valence-electron chi connectivity index (χ0n) is 20.1. The minimum absolute atomic E-state index is 0.0697. The van der Waals surface area contributed by atoms with Gasteiger partial charge in [-0.25, -0.2) is 4.79 Å². The number of benzene rings is 1. The largest absolute Gasteiger partial charge is 0.444 e. The Hall–Kier alpha value is -3.27. The molecule has 0 radical (unpaired) electrons. The SMILES string of the molecule is C#Cc1ccccc1C(C(=O)NC(C)(C)C)N(CC=C)C(=O)C(C)NC(=O)OC(C)(C)C. The maximum absolute atomic E-state index is 13.4. The van der Waals surface area contributed by atoms with Crippen molar-refractivity contribution in [3.63, 3.8) is 0 Å². The Kier molecular flexibility index (Phi) is 9.08. The van der Waals surface area contributed by atoms with Crippen molar-refractivity contribution in [1.82, 2.24) is 15.5 Å². The van der Waals surface area contributed by atoms with Crippen LogP contribution in [0.3, 0.4) is 0 Å². The second kappa shape index (κ2) is 10.9. The van der Waals surface area contributed by atoms with Crippen LogP contribution in [-0.2, 0) is 14.3 Å². The number of nitrogens with zero attached hydrogens (tertiary/aromatic N) is 1. The third-order valence-corrected chi connectivity index (χ3v) is 4.18. The molecule has 0 aliphatic carbocycles. The van der Waals surface area contributed by atoms with Crippen LogP contribution in [0.1, 0.15) is 65.6 Å². The number of terminal acetylenes is 1. The summed E-state index contributed by atoms with van der Waals surface area (Å²) in [4.78, 5) is 40.3. The van der Waals surface area contributed by atoms with Gasteiger partial charge in [-0.15, -0.1) is 13.0 Å². The van der Waals surface area contributed by atoms with Crippen LogP contribution in [0.4, 0.5) is 4.79 Å². The molecule has 1 aromatic carbocycles. The molecule has 2 unspecified atom stereocenters. The van der Waals surface area contributed by atoms with Crippen molar-refractivity contribution in [3.05, 3.63) is 48.0 Å². The molecule has 0 saturated heterocycles. The summed E-state index contributed by atoms with van der Waals surface area (Å²) >= 11 is 0. The molecular formula is C25H35N3O4. The van der Waals surface area contributed by atoms with Crippen LogP contribution in [-0.4, -0.2) is 46.5 Å². The van der Waals surface area contributed by atoms with E-state index in [4.69, 9.17) is 11.2 Å². The van der Waals surface area contributed by atoms with E-state index in [0.717, 1.165) is 0 Å². The monoisotopic (exact) mass is 441 g/mol. The van der Waals surface area contributed by atoms with Crippen LogP contribution < -0.4 is 10.6 Å². The molecule has 2 atom stereocenters. The van der Waals surface area contributed by atoms with Crippen molar-refractivity contribution in [3.8, 4) is 12.3 Å². The standard InChI is InChI=1S/C25H35N3O4/c1-10-16-28(22(30)17(3)26-23(31)32-25(7,8)9)20(21(29)27-24(4,5)6)19-15-13-12-14-18(19)11-2/h2,10,12-15,17,20H,1,16H2,3-9H3,(H,26,31)(H,27,29). The lowest BCUT2D eigenvalue weighted by Gasteiger charge is -2.35. The number of carbonyl (C=O) groups excluding carboxylic acids is 3. The molecule has 0 heterocycles. The van der Waals surface area contributed by atoms with E-state index in [0.29, 0.717) is 11.1 Å². The fraction of sp³-hybridized carbons (Fsp3) is 0.480. The van der Waals surface area contributed by atoms with E-state index in [1.54, 1.807) is 45.0 Å². The number of hydrogen-bond acceptors (Lipinski definition) is 4. The van der Waals surface area contributed by atoms with Gasteiger partial charge in [0.1, 0.15) is 17.7 Å². The van der Waals surface area contributed by atoms with Crippen molar-refractivity contribution in [2.45, 2.75) is 71.7 Å². The Morgan fingerprint density at radius 3 is 2.28 bits per heavy atom. The van der Waals surface area contributed by atoms with Crippen molar-refractivity contribution < 1.29 is 19.1 Å². The molecule has 32 heavy (non-hydrogen) atoms. The fourth-order valence-electron chi connectivity index (χ4n) is 3.01. The summed E-state index contributed by atoms with van der Waals surface area (Å²) in [6, 6.07) is 4.99. The summed E-state index contributed by atoms with van der Waals surface area (Å²) in [7, 11) is 0. The van der Waals surface area contributed by atoms with E-state index in [-0.39, 0.29) is 12.5 Å². The lowest BCUT2D eigenvalue weighted by atomic mass is 9.96. The van der Waals surface area contributed by atoms with Gasteiger partial charge in [0.2, 0.25) is 11.8 Å². The van der Waals surface area contributed by atoms with Gasteiger partial charge in [0.15, 0.2) is 0 Å². The summed E-state index contributed by atoms with van der Waals surface area (Å²) in [5.74, 6) is 1.72. The highest BCUT2D eigenvalue weighted by Gasteiger charge is 2.36. The molecule has 7 heteroatoms. The van der Waals surface area contributed by atoms with Gasteiger partial charge in [-0.05, 0) is 60.1 Å². The first-order valence-corrected chi connectivity index (χ1v) is 10.5. The smallest absolute Gasteiger partial charge is 0.408 e. The summed E-state index contributed by atoms with van der Waals surface area (Å²) < 4.78 is 5.25. The van der Waals surface area contributed by atoms with Crippen LogP contribution in [0.15, 0.2) is 36.9 Å². The maximum atomic E-state index is 13.4. The molecule has 1 aromatic rings. The highest BCUT2D eigenvalue weighted by Crippen LogP contribution is 2.26. The summed E-state index contributed by atoms with van der Waals surface area (Å²) in [5, 5.41) is 5.46. The Balaban J connectivity index is 3.39. The topological polar surface area (TPSA) is 87.7 Å². The quantitative estimate of drug-likeness (QED) is 0.500. The molecule has 7 nitrogen and oxygen atoms in total. The number of amides is 3. The summed E-state index contributed by atoms with van der Waals surface area (Å²) in [5.41, 5.74) is -0.245. The summed E-state index contributed by atoms with van der Waals surface area (Å²) in [6.45, 7) is 16.1. The molecule has 0 bridgehead atoms. The van der Waals surface area contributed by atoms with Gasteiger partial charge in [0.05, 0.1) is 0 Å². The Morgan fingerprint density at radius 1 is 1.19 bits per heavy atom. The van der Waals surface area contributed by atoms with Gasteiger partial charge in [0, 0.05) is 17.6 Å². The van der Waals surface area contributed by atoms with Crippen LogP contribution >= 0.6 is 0 Å². The third-order valence-electron chi connectivity index (χ3n) is 4.18. The van der Waals surface area contributed by atoms with Crippen LogP contribution in [0, 0.1) is 12.3 Å². The molecule has 174 valence electrons. The van der Waals surface area contributed by atoms with Crippen molar-refractivity contribution in [2.24, 2.45) is 0 Å². The van der Waals surface area contributed by atoms with Crippen LogP contribution in [0.2, 0.25) is 0 Å². The normalized spacial score (nSPS) is 13.2. The molecule has 0 aliphatic rings. The molecule has 0 saturated carbocycles. The van der Waals surface area contributed by atoms with Crippen LogP contribution in [0.5, 0.6) is 0 Å². The van der Waals surface area contributed by atoms with Crippen molar-refractivity contribution in [1.29, 1.82) is 0 Å². The van der Waals surface area contributed by atoms with E-state index in [1.807, 2.05) is 20.8 Å². The number of alkyl carbamates (subject to hydrolysis) is 1. The van der Waals surface area contributed by atoms with E-state index in [2.05, 4.69) is 23.1 Å². The molecule has 2 N–H and O–H groups in total. The minimum atomic E-state index is -1.02. The number of carbonyl (C=O) groups is 3. The second-order valence-electron chi connectivity index (χ2n) is 9.52. The number of ether oxygens (including phenoxy) is 1. The summed E-state index contributed by atoms with van der Waals surface area (Å²) in [6.07, 6.45) is 6.47. The van der Waals surface area contributed by atoms with Gasteiger partial charge in [-0.2, -0.15) is 0 Å². The Morgan fingerprint density at radius 2 is 1.78 bits per heavy atom. The fourth-order valence-corrected chi connectivity index (χ4v) is 3.01. The lowest BCUT2D eigenvalue weighted by Crippen LogP contribution is -2.54. The Bertz CT molecular complexity index is 888. The molecule has 0 fully saturated rings. The van der Waals surface area contributed by atoms with Crippen LogP contribution in [0.25, 0.3) is 0 Å². The van der Waals surface area contributed by atoms with Gasteiger partial charge in [-0.3, -0.25) is 9.59 Å². The first-order chi connectivity index (χ1) is 14.7. The van der Waals surface area contributed by atoms with E-state index < -0.39 is 35.2 Å². The second-order valence-corrected chi connectivity index (χ2v) is 9.52. The third kappa shape index (κ3) is 8.10. The first kappa shape index (κ1) is 26.8. The van der Waals surface area contributed by atoms with Gasteiger partial charge in [-0.1, -0.05) is 30.2 Å². The molecular weight excluding hydrogens is 406 g/mol. The number of hydrogen-bond donors (Lipinski definition) is 2. The molecule has 3 amide bonds. The van der Waals surface area contributed by atoms with Gasteiger partial charge < -0.3 is 20.3 Å². The highest BCUT2D eigenvalue weighted by molar-refractivity contribution is 5.92. The average Bonchev–Trinajstić information content (AvgIpc) is 2.64. The molecule has 1 rings (SSSR count). The minimum Gasteiger partial charge on any atom is -0.444 e. The predicted molar refractivity (Wildman–Crippen MR) is 126 cm³/mol. The van der Waals surface area contributed by atoms with E-state index >= 15 is 0 Å².